The molecule has 0 aliphatic heterocycles. The third-order valence-corrected chi connectivity index (χ3v) is 3.86. The highest BCUT2D eigenvalue weighted by atomic mass is 127. The van der Waals surface area contributed by atoms with Gasteiger partial charge < -0.3 is 5.11 Å². The van der Waals surface area contributed by atoms with Crippen LogP contribution >= 0.6 is 22.6 Å². The van der Waals surface area contributed by atoms with Gasteiger partial charge in [-0.2, -0.15) is 22.0 Å². The lowest BCUT2D eigenvalue weighted by Gasteiger charge is -2.22. The Balaban J connectivity index is 3.69. The van der Waals surface area contributed by atoms with Crippen molar-refractivity contribution in [3.63, 3.8) is 0 Å². The largest absolute Gasteiger partial charge is 0.481 e. The number of alkyl halides is 6. The average molecular weight is 416 g/mol. The van der Waals surface area contributed by atoms with Gasteiger partial charge in [0.05, 0.1) is 0 Å². The van der Waals surface area contributed by atoms with Crippen molar-refractivity contribution in [3.05, 3.63) is 0 Å². The van der Waals surface area contributed by atoms with Gasteiger partial charge in [-0.05, 0) is 12.8 Å². The van der Waals surface area contributed by atoms with Crippen molar-refractivity contribution < 1.29 is 31.9 Å². The normalized spacial score (nSPS) is 14.3. The van der Waals surface area contributed by atoms with Crippen molar-refractivity contribution in [1.82, 2.24) is 0 Å². The summed E-state index contributed by atoms with van der Waals surface area (Å²) in [4.78, 5) is 10.2. The predicted molar refractivity (Wildman–Crippen MR) is 73.4 cm³/mol. The molecular formula is C12H18F5IO2. The SMILES string of the molecule is O=C(O)CCCCCCCC(I)CC(F)(F)C(F)(F)F. The third-order valence-electron chi connectivity index (χ3n) is 2.80. The smallest absolute Gasteiger partial charge is 0.453 e. The monoisotopic (exact) mass is 416 g/mol. The summed E-state index contributed by atoms with van der Waals surface area (Å²) >= 11 is 1.63. The van der Waals surface area contributed by atoms with Gasteiger partial charge >= 0.3 is 18.1 Å². The van der Waals surface area contributed by atoms with E-state index in [9.17, 15) is 26.7 Å². The molecule has 0 saturated carbocycles. The fraction of sp³-hybridized carbons (Fsp3) is 0.917. The van der Waals surface area contributed by atoms with Crippen molar-refractivity contribution in [2.45, 2.75) is 67.4 Å². The Bertz CT molecular complexity index is 294. The molecule has 2 nitrogen and oxygen atoms in total. The Morgan fingerprint density at radius 3 is 2.00 bits per heavy atom. The van der Waals surface area contributed by atoms with Crippen LogP contribution in [0.5, 0.6) is 0 Å². The zero-order chi connectivity index (χ0) is 15.8. The summed E-state index contributed by atoms with van der Waals surface area (Å²) in [5, 5.41) is 8.40. The van der Waals surface area contributed by atoms with Crippen molar-refractivity contribution in [1.29, 1.82) is 0 Å². The van der Waals surface area contributed by atoms with Gasteiger partial charge in [0, 0.05) is 16.8 Å². The molecule has 0 heterocycles. The maximum absolute atomic E-state index is 12.7. The molecule has 20 heavy (non-hydrogen) atoms. The number of carbonyl (C=O) groups is 1. The van der Waals surface area contributed by atoms with Crippen molar-refractivity contribution in [2.75, 3.05) is 0 Å². The fourth-order valence-electron chi connectivity index (χ4n) is 1.67. The lowest BCUT2D eigenvalue weighted by atomic mass is 10.0. The van der Waals surface area contributed by atoms with Gasteiger partial charge in [-0.25, -0.2) is 0 Å². The predicted octanol–water partition coefficient (Wildman–Crippen LogP) is 5.19. The molecule has 120 valence electrons. The molecule has 1 N–H and O–H groups in total. The van der Waals surface area contributed by atoms with Gasteiger partial charge in [0.2, 0.25) is 0 Å². The van der Waals surface area contributed by atoms with Crippen LogP contribution in [0.4, 0.5) is 22.0 Å². The number of halogens is 6. The molecule has 0 bridgehead atoms. The van der Waals surface area contributed by atoms with E-state index in [4.69, 9.17) is 5.11 Å². The van der Waals surface area contributed by atoms with Crippen LogP contribution in [0.2, 0.25) is 0 Å². The summed E-state index contributed by atoms with van der Waals surface area (Å²) in [6, 6.07) is 0. The number of unbranched alkanes of at least 4 members (excludes halogenated alkanes) is 4. The number of hydrogen-bond donors (Lipinski definition) is 1. The van der Waals surface area contributed by atoms with E-state index in [-0.39, 0.29) is 6.42 Å². The van der Waals surface area contributed by atoms with Crippen molar-refractivity contribution >= 4 is 28.6 Å². The Morgan fingerprint density at radius 2 is 1.50 bits per heavy atom. The van der Waals surface area contributed by atoms with Crippen LogP contribution in [0, 0.1) is 0 Å². The van der Waals surface area contributed by atoms with E-state index in [2.05, 4.69) is 0 Å². The quantitative estimate of drug-likeness (QED) is 0.230. The molecule has 1 unspecified atom stereocenters. The minimum absolute atomic E-state index is 0.104. The highest BCUT2D eigenvalue weighted by Crippen LogP contribution is 2.40. The first-order valence-electron chi connectivity index (χ1n) is 6.36. The number of carboxylic acids is 1. The molecule has 1 atom stereocenters. The number of carboxylic acid groups (broad SMARTS) is 1. The van der Waals surface area contributed by atoms with Crippen LogP contribution in [0.15, 0.2) is 0 Å². The van der Waals surface area contributed by atoms with E-state index in [0.717, 1.165) is 19.3 Å². The van der Waals surface area contributed by atoms with E-state index >= 15 is 0 Å². The molecule has 0 aromatic rings. The molecule has 0 rings (SSSR count). The molecule has 0 radical (unpaired) electrons. The standard InChI is InChI=1S/C12H18F5IO2/c13-11(14,12(15,16)17)8-9(18)6-4-2-1-3-5-7-10(19)20/h9H,1-8H2,(H,19,20). The van der Waals surface area contributed by atoms with E-state index in [1.807, 2.05) is 0 Å². The molecule has 0 saturated heterocycles. The van der Waals surface area contributed by atoms with Crippen LogP contribution in [-0.2, 0) is 4.79 Å². The maximum Gasteiger partial charge on any atom is 0.453 e. The summed E-state index contributed by atoms with van der Waals surface area (Å²) in [5.74, 6) is -5.48. The van der Waals surface area contributed by atoms with E-state index in [0.29, 0.717) is 19.3 Å². The van der Waals surface area contributed by atoms with Gasteiger partial charge in [-0.3, -0.25) is 4.79 Å². The summed E-state index contributed by atoms with van der Waals surface area (Å²) in [7, 11) is 0. The minimum atomic E-state index is -5.48. The molecular weight excluding hydrogens is 398 g/mol. The zero-order valence-corrected chi connectivity index (χ0v) is 13.0. The molecule has 0 fully saturated rings. The van der Waals surface area contributed by atoms with Crippen LogP contribution < -0.4 is 0 Å². The number of hydrogen-bond acceptors (Lipinski definition) is 1. The van der Waals surface area contributed by atoms with Gasteiger partial charge in [-0.15, -0.1) is 0 Å². The minimum Gasteiger partial charge on any atom is -0.481 e. The van der Waals surface area contributed by atoms with Crippen molar-refractivity contribution in [3.8, 4) is 0 Å². The lowest BCUT2D eigenvalue weighted by Crippen LogP contribution is -2.38. The first kappa shape index (κ1) is 19.9. The number of rotatable bonds is 10. The zero-order valence-electron chi connectivity index (χ0n) is 10.9. The van der Waals surface area contributed by atoms with Crippen LogP contribution in [0.1, 0.15) is 51.4 Å². The molecule has 8 heteroatoms. The van der Waals surface area contributed by atoms with E-state index in [1.165, 1.54) is 0 Å². The highest BCUT2D eigenvalue weighted by molar-refractivity contribution is 14.1. The highest BCUT2D eigenvalue weighted by Gasteiger charge is 2.57. The molecule has 0 aliphatic rings. The average Bonchev–Trinajstić information content (AvgIpc) is 2.25. The van der Waals surface area contributed by atoms with E-state index in [1.54, 1.807) is 22.6 Å². The summed E-state index contributed by atoms with van der Waals surface area (Å²) < 4.78 is 60.7. The maximum atomic E-state index is 12.7. The van der Waals surface area contributed by atoms with Crippen molar-refractivity contribution in [2.24, 2.45) is 0 Å². The van der Waals surface area contributed by atoms with E-state index < -0.39 is 28.4 Å². The summed E-state index contributed by atoms with van der Waals surface area (Å²) in [6.45, 7) is 0. The molecule has 0 amide bonds. The first-order chi connectivity index (χ1) is 9.06. The van der Waals surface area contributed by atoms with Crippen LogP contribution in [-0.4, -0.2) is 27.1 Å². The van der Waals surface area contributed by atoms with Crippen LogP contribution in [0.25, 0.3) is 0 Å². The Kier molecular flexibility index (Phi) is 8.92. The molecule has 0 aromatic heterocycles. The topological polar surface area (TPSA) is 37.3 Å². The molecule has 0 spiro atoms. The summed E-state index contributed by atoms with van der Waals surface area (Å²) in [6.07, 6.45) is -2.88. The number of aliphatic carboxylic acids is 1. The Hall–Kier alpha value is -0.150. The lowest BCUT2D eigenvalue weighted by molar-refractivity contribution is -0.283. The fourth-order valence-corrected chi connectivity index (χ4v) is 2.66. The molecule has 0 aliphatic carbocycles. The summed E-state index contributed by atoms with van der Waals surface area (Å²) in [5.41, 5.74) is 0. The second kappa shape index (κ2) is 8.99. The van der Waals surface area contributed by atoms with Gasteiger partial charge in [0.1, 0.15) is 0 Å². The second-order valence-electron chi connectivity index (χ2n) is 4.70. The Labute approximate surface area is 128 Å². The Morgan fingerprint density at radius 1 is 1.00 bits per heavy atom. The second-order valence-corrected chi connectivity index (χ2v) is 6.47. The first-order valence-corrected chi connectivity index (χ1v) is 7.61. The van der Waals surface area contributed by atoms with Gasteiger partial charge in [-0.1, -0.05) is 48.3 Å². The molecule has 0 aromatic carbocycles. The van der Waals surface area contributed by atoms with Crippen LogP contribution in [0.3, 0.4) is 0 Å². The third kappa shape index (κ3) is 8.91. The van der Waals surface area contributed by atoms with Gasteiger partial charge in [0.15, 0.2) is 0 Å². The van der Waals surface area contributed by atoms with Gasteiger partial charge in [0.25, 0.3) is 0 Å².